The first-order chi connectivity index (χ1) is 33.8. The summed E-state index contributed by atoms with van der Waals surface area (Å²) in [6, 6.07) is 34.7. The predicted octanol–water partition coefficient (Wildman–Crippen LogP) is 11.6. The molecule has 2 N–H and O–H groups in total. The molecule has 0 aromatic heterocycles. The molecule has 1 heterocycles. The number of rotatable bonds is 23. The third-order valence-corrected chi connectivity index (χ3v) is 13.5. The van der Waals surface area contributed by atoms with E-state index in [1.165, 1.54) is 12.1 Å². The second-order valence-electron chi connectivity index (χ2n) is 17.8. The molecule has 1 amide bonds. The van der Waals surface area contributed by atoms with Gasteiger partial charge in [-0.15, -0.1) is 13.2 Å². The number of allylic oxidation sites excluding steroid dienone is 1. The first-order valence-electron chi connectivity index (χ1n) is 24.0. The number of fused-ring (bicyclic) bond motifs is 3. The Morgan fingerprint density at radius 1 is 0.884 bits per heavy atom. The monoisotopic (exact) mass is 935 g/mol. The number of benzene rings is 5. The molecule has 5 aromatic carbocycles. The average Bonchev–Trinajstić information content (AvgIpc) is 3.37. The van der Waals surface area contributed by atoms with E-state index in [2.05, 4.69) is 19.2 Å². The number of hydrogen-bond acceptors (Lipinski definition) is 11. The van der Waals surface area contributed by atoms with E-state index in [1.807, 2.05) is 84.9 Å². The molecule has 0 bridgehead atoms. The maximum atomic E-state index is 15.0. The van der Waals surface area contributed by atoms with Crippen molar-refractivity contribution in [2.24, 2.45) is 22.9 Å². The van der Waals surface area contributed by atoms with Crippen LogP contribution in [0, 0.1) is 27.9 Å². The smallest absolute Gasteiger partial charge is 0.410 e. The second kappa shape index (κ2) is 23.0. The van der Waals surface area contributed by atoms with E-state index in [0.29, 0.717) is 42.2 Å². The third-order valence-electron chi connectivity index (χ3n) is 13.5. The van der Waals surface area contributed by atoms with Crippen LogP contribution in [0.4, 0.5) is 10.5 Å². The number of nitro benzene ring substituents is 1. The van der Waals surface area contributed by atoms with Crippen LogP contribution < -0.4 is 9.47 Å². The minimum atomic E-state index is -1.55. The van der Waals surface area contributed by atoms with Gasteiger partial charge in [-0.25, -0.2) is 4.79 Å². The number of carbonyl (C=O) groups excluding carboxylic acids is 1. The highest BCUT2D eigenvalue weighted by Crippen LogP contribution is 2.62. The fourth-order valence-corrected chi connectivity index (χ4v) is 10.5. The Labute approximate surface area is 403 Å². The lowest BCUT2D eigenvalue weighted by Gasteiger charge is -2.59. The van der Waals surface area contributed by atoms with Crippen molar-refractivity contribution >= 4 is 28.3 Å². The number of unbranched alkanes of at least 4 members (excludes halogenated alkanes) is 2. The van der Waals surface area contributed by atoms with Crippen molar-refractivity contribution in [1.29, 1.82) is 0 Å². The molecule has 360 valence electrons. The van der Waals surface area contributed by atoms with Crippen LogP contribution in [0.5, 0.6) is 17.2 Å². The van der Waals surface area contributed by atoms with Crippen LogP contribution in [0.25, 0.3) is 10.8 Å². The van der Waals surface area contributed by atoms with Crippen LogP contribution in [-0.2, 0) is 27.5 Å². The van der Waals surface area contributed by atoms with Gasteiger partial charge >= 0.3 is 6.09 Å². The van der Waals surface area contributed by atoms with Gasteiger partial charge in [0.15, 0.2) is 0 Å². The summed E-state index contributed by atoms with van der Waals surface area (Å²) in [6.45, 7) is 8.57. The Hall–Kier alpha value is -6.80. The van der Waals surface area contributed by atoms with Gasteiger partial charge in [-0.1, -0.05) is 115 Å². The van der Waals surface area contributed by atoms with Crippen molar-refractivity contribution < 1.29 is 43.7 Å². The highest BCUT2D eigenvalue weighted by Gasteiger charge is 2.65. The molecule has 0 spiro atoms. The predicted molar refractivity (Wildman–Crippen MR) is 265 cm³/mol. The fraction of sp³-hybridized carbons (Fsp3) is 0.357. The largest absolute Gasteiger partial charge is 0.459 e. The molecule has 0 saturated heterocycles. The van der Waals surface area contributed by atoms with Gasteiger partial charge in [0.1, 0.15) is 29.9 Å². The van der Waals surface area contributed by atoms with Crippen molar-refractivity contribution in [3.63, 3.8) is 0 Å². The first kappa shape index (κ1) is 48.6. The van der Waals surface area contributed by atoms with Gasteiger partial charge < -0.3 is 34.0 Å². The standard InChI is InChI=1S/C56H61N3O10/c1-3-5-32-65-55(62)58(37-42-22-15-21-40-19-9-10-25-46(40)42)52-36-50(57-67-38-39-17-7-6-8-18-39)48-33-41(20-11-13-29-60)47(26-12-14-30-61)53-49-35-45(68-44-24-16-23-43(34-44)59(63)64)27-28-51(49)69-56(52,54(48)53)66-31-4-2/h3-4,6-10,15-19,21-25,27-28,33-35,41,47,52-54,60-61H,1-2,5,11-14,20,26,29-32,36-38H2. The molecule has 1 fully saturated rings. The van der Waals surface area contributed by atoms with E-state index in [9.17, 15) is 20.3 Å². The molecule has 1 aliphatic heterocycles. The highest BCUT2D eigenvalue weighted by atomic mass is 16.7. The van der Waals surface area contributed by atoms with Gasteiger partial charge in [-0.05, 0) is 95.7 Å². The summed E-state index contributed by atoms with van der Waals surface area (Å²) in [6.07, 6.45) is 9.98. The maximum absolute atomic E-state index is 15.0. The summed E-state index contributed by atoms with van der Waals surface area (Å²) in [5.74, 6) is -1.27. The number of nitrogens with zero attached hydrogens (tertiary/aromatic N) is 3. The quantitative estimate of drug-likeness (QED) is 0.0279. The van der Waals surface area contributed by atoms with Crippen LogP contribution in [0.15, 0.2) is 157 Å². The Balaban J connectivity index is 1.35. The zero-order chi connectivity index (χ0) is 48.2. The summed E-state index contributed by atoms with van der Waals surface area (Å²) in [5, 5.41) is 38.8. The lowest BCUT2D eigenvalue weighted by atomic mass is 9.55. The average molecular weight is 936 g/mol. The molecule has 3 aliphatic rings. The van der Waals surface area contributed by atoms with Crippen LogP contribution in [-0.4, -0.2) is 70.1 Å². The van der Waals surface area contributed by atoms with Crippen molar-refractivity contribution in [2.45, 2.75) is 82.3 Å². The lowest BCUT2D eigenvalue weighted by molar-refractivity contribution is -0.384. The van der Waals surface area contributed by atoms with Gasteiger partial charge in [0.05, 0.1) is 42.4 Å². The van der Waals surface area contributed by atoms with Gasteiger partial charge in [0.2, 0.25) is 5.79 Å². The first-order valence-corrected chi connectivity index (χ1v) is 24.0. The molecule has 6 atom stereocenters. The number of oxime groups is 1. The third kappa shape index (κ3) is 10.9. The van der Waals surface area contributed by atoms with Crippen molar-refractivity contribution in [3.8, 4) is 17.2 Å². The molecule has 5 aromatic rings. The van der Waals surface area contributed by atoms with Crippen LogP contribution in [0.3, 0.4) is 0 Å². The number of amides is 1. The molecule has 13 heteroatoms. The topological polar surface area (TPSA) is 162 Å². The van der Waals surface area contributed by atoms with Gasteiger partial charge in [0.25, 0.3) is 5.69 Å². The Kier molecular flexibility index (Phi) is 16.2. The number of nitro groups is 1. The van der Waals surface area contributed by atoms with E-state index >= 15 is 4.79 Å². The van der Waals surface area contributed by atoms with Crippen LogP contribution in [0.1, 0.15) is 74.0 Å². The summed E-state index contributed by atoms with van der Waals surface area (Å²) in [5.41, 5.74) is 4.10. The zero-order valence-electron chi connectivity index (χ0n) is 38.9. The molecular formula is C56H61N3O10. The van der Waals surface area contributed by atoms with Crippen molar-refractivity contribution in [1.82, 2.24) is 4.90 Å². The number of aliphatic hydroxyl groups is 2. The summed E-state index contributed by atoms with van der Waals surface area (Å²) >= 11 is 0. The van der Waals surface area contributed by atoms with E-state index in [4.69, 9.17) is 28.9 Å². The second-order valence-corrected chi connectivity index (χ2v) is 17.8. The molecule has 2 aliphatic carbocycles. The Morgan fingerprint density at radius 3 is 2.42 bits per heavy atom. The SMILES string of the molecule is C=CCCOC(=O)N(Cc1cccc2ccccc12)C1CC(=NOCc2ccccc2)C2=CC(CCCCO)C(CCCCO)C3c4cc(Oc5cccc([N+](=O)[O-])c5)ccc4OC1(OCC=C)C23. The van der Waals surface area contributed by atoms with E-state index in [1.54, 1.807) is 35.3 Å². The van der Waals surface area contributed by atoms with E-state index in [-0.39, 0.29) is 69.4 Å². The molecule has 0 radical (unpaired) electrons. The van der Waals surface area contributed by atoms with Crippen molar-refractivity contribution in [3.05, 3.63) is 179 Å². The normalized spacial score (nSPS) is 21.8. The van der Waals surface area contributed by atoms with E-state index < -0.39 is 28.8 Å². The minimum Gasteiger partial charge on any atom is -0.459 e. The van der Waals surface area contributed by atoms with E-state index in [0.717, 1.165) is 58.7 Å². The number of non-ortho nitro benzene ring substituents is 1. The number of aliphatic hydroxyl groups excluding tert-OH is 2. The molecule has 6 unspecified atom stereocenters. The molecule has 1 saturated carbocycles. The maximum Gasteiger partial charge on any atom is 0.410 e. The number of hydrogen-bond donors (Lipinski definition) is 2. The minimum absolute atomic E-state index is 0.0116. The Morgan fingerprint density at radius 2 is 1.64 bits per heavy atom. The van der Waals surface area contributed by atoms with Gasteiger partial charge in [-0.2, -0.15) is 0 Å². The van der Waals surface area contributed by atoms with Crippen LogP contribution in [0.2, 0.25) is 0 Å². The number of carbonyl (C=O) groups is 1. The lowest BCUT2D eigenvalue weighted by Crippen LogP contribution is -2.70. The van der Waals surface area contributed by atoms with Crippen LogP contribution >= 0.6 is 0 Å². The fourth-order valence-electron chi connectivity index (χ4n) is 10.5. The molecular weight excluding hydrogens is 875 g/mol. The summed E-state index contributed by atoms with van der Waals surface area (Å²) in [4.78, 5) is 34.3. The zero-order valence-corrected chi connectivity index (χ0v) is 38.9. The Bertz CT molecular complexity index is 2650. The molecule has 13 nitrogen and oxygen atoms in total. The highest BCUT2D eigenvalue weighted by molar-refractivity contribution is 6.03. The van der Waals surface area contributed by atoms with Gasteiger partial charge in [-0.3, -0.25) is 15.0 Å². The summed E-state index contributed by atoms with van der Waals surface area (Å²) < 4.78 is 27.1. The number of ether oxygens (including phenoxy) is 4. The van der Waals surface area contributed by atoms with Gasteiger partial charge in [0, 0.05) is 37.2 Å². The molecule has 8 rings (SSSR count). The molecule has 69 heavy (non-hydrogen) atoms. The summed E-state index contributed by atoms with van der Waals surface area (Å²) in [7, 11) is 0. The van der Waals surface area contributed by atoms with Crippen molar-refractivity contribution in [2.75, 3.05) is 26.4 Å².